The molecule has 0 fully saturated rings. The summed E-state index contributed by atoms with van der Waals surface area (Å²) in [6.45, 7) is 1.77. The van der Waals surface area contributed by atoms with Crippen LogP contribution < -0.4 is 4.90 Å². The van der Waals surface area contributed by atoms with E-state index in [4.69, 9.17) is 0 Å². The maximum atomic E-state index is 13.7. The standard InChI is InChI=1S/C16H14F3NO/c1-2-20(14-9-4-3-6-11(14)17)10-15(21)16-12(18)7-5-8-13(16)19/h3-9H,2,10H2,1H3. The molecule has 0 N–H and O–H groups in total. The highest BCUT2D eigenvalue weighted by Crippen LogP contribution is 2.20. The van der Waals surface area contributed by atoms with Crippen molar-refractivity contribution in [1.29, 1.82) is 0 Å². The Morgan fingerprint density at radius 2 is 1.52 bits per heavy atom. The summed E-state index contributed by atoms with van der Waals surface area (Å²) in [6.07, 6.45) is 0. The highest BCUT2D eigenvalue weighted by Gasteiger charge is 2.20. The molecule has 0 spiro atoms. The number of para-hydroxylation sites is 1. The van der Waals surface area contributed by atoms with Crippen molar-refractivity contribution in [1.82, 2.24) is 0 Å². The van der Waals surface area contributed by atoms with Crippen LogP contribution in [0.5, 0.6) is 0 Å². The lowest BCUT2D eigenvalue weighted by molar-refractivity contribution is 0.0991. The number of halogens is 3. The van der Waals surface area contributed by atoms with Crippen LogP contribution >= 0.6 is 0 Å². The lowest BCUT2D eigenvalue weighted by Crippen LogP contribution is -2.31. The molecule has 2 nitrogen and oxygen atoms in total. The molecule has 0 unspecified atom stereocenters. The van der Waals surface area contributed by atoms with Gasteiger partial charge in [0.25, 0.3) is 0 Å². The van der Waals surface area contributed by atoms with Crippen molar-refractivity contribution in [2.24, 2.45) is 0 Å². The SMILES string of the molecule is CCN(CC(=O)c1c(F)cccc1F)c1ccccc1F. The van der Waals surface area contributed by atoms with E-state index < -0.39 is 28.8 Å². The molecule has 110 valence electrons. The first-order valence-corrected chi connectivity index (χ1v) is 6.51. The van der Waals surface area contributed by atoms with E-state index in [1.54, 1.807) is 13.0 Å². The molecule has 5 heteroatoms. The maximum Gasteiger partial charge on any atom is 0.187 e. The highest BCUT2D eigenvalue weighted by atomic mass is 19.1. The predicted molar refractivity (Wildman–Crippen MR) is 75.0 cm³/mol. The number of Topliss-reactive ketones (excluding diaryl/α,β-unsaturated/α-hetero) is 1. The summed E-state index contributed by atoms with van der Waals surface area (Å²) in [6, 6.07) is 9.19. The molecule has 0 heterocycles. The summed E-state index contributed by atoms with van der Waals surface area (Å²) < 4.78 is 40.9. The Balaban J connectivity index is 2.27. The van der Waals surface area contributed by atoms with Gasteiger partial charge in [-0.2, -0.15) is 0 Å². The van der Waals surface area contributed by atoms with E-state index in [1.807, 2.05) is 0 Å². The third kappa shape index (κ3) is 3.24. The average Bonchev–Trinajstić information content (AvgIpc) is 2.45. The van der Waals surface area contributed by atoms with Crippen molar-refractivity contribution in [2.45, 2.75) is 6.92 Å². The van der Waals surface area contributed by atoms with Crippen LogP contribution in [0.25, 0.3) is 0 Å². The number of hydrogen-bond acceptors (Lipinski definition) is 2. The molecule has 2 aromatic carbocycles. The molecule has 2 aromatic rings. The predicted octanol–water partition coefficient (Wildman–Crippen LogP) is 3.81. The van der Waals surface area contributed by atoms with Gasteiger partial charge in [-0.15, -0.1) is 0 Å². The Morgan fingerprint density at radius 3 is 2.10 bits per heavy atom. The Hall–Kier alpha value is -2.30. The van der Waals surface area contributed by atoms with Crippen molar-refractivity contribution < 1.29 is 18.0 Å². The molecule has 0 saturated heterocycles. The minimum Gasteiger partial charge on any atom is -0.362 e. The molecule has 21 heavy (non-hydrogen) atoms. The van der Waals surface area contributed by atoms with Crippen molar-refractivity contribution in [2.75, 3.05) is 18.0 Å². The number of likely N-dealkylation sites (N-methyl/N-ethyl adjacent to an activating group) is 1. The zero-order valence-corrected chi connectivity index (χ0v) is 11.4. The topological polar surface area (TPSA) is 20.3 Å². The Morgan fingerprint density at radius 1 is 0.952 bits per heavy atom. The minimum absolute atomic E-state index is 0.227. The molecule has 0 bridgehead atoms. The van der Waals surface area contributed by atoms with Gasteiger partial charge in [0.2, 0.25) is 0 Å². The summed E-state index contributed by atoms with van der Waals surface area (Å²) >= 11 is 0. The van der Waals surface area contributed by atoms with Gasteiger partial charge in [0, 0.05) is 6.54 Å². The molecule has 0 aromatic heterocycles. The fourth-order valence-corrected chi connectivity index (χ4v) is 2.09. The van der Waals surface area contributed by atoms with E-state index in [-0.39, 0.29) is 12.2 Å². The smallest absolute Gasteiger partial charge is 0.187 e. The molecule has 0 amide bonds. The highest BCUT2D eigenvalue weighted by molar-refractivity contribution is 5.99. The molecule has 0 radical (unpaired) electrons. The normalized spacial score (nSPS) is 10.5. The van der Waals surface area contributed by atoms with Crippen molar-refractivity contribution in [3.05, 3.63) is 65.5 Å². The van der Waals surface area contributed by atoms with Gasteiger partial charge < -0.3 is 4.90 Å². The van der Waals surface area contributed by atoms with Crippen LogP contribution in [0.3, 0.4) is 0 Å². The Labute approximate surface area is 120 Å². The van der Waals surface area contributed by atoms with Crippen LogP contribution in [-0.2, 0) is 0 Å². The number of rotatable bonds is 5. The van der Waals surface area contributed by atoms with Gasteiger partial charge in [0.05, 0.1) is 17.8 Å². The summed E-state index contributed by atoms with van der Waals surface area (Å²) in [5.41, 5.74) is -0.364. The molecule has 0 atom stereocenters. The minimum atomic E-state index is -0.912. The lowest BCUT2D eigenvalue weighted by Gasteiger charge is -2.22. The second-order valence-corrected chi connectivity index (χ2v) is 4.49. The molecule has 0 aliphatic heterocycles. The van der Waals surface area contributed by atoms with Crippen molar-refractivity contribution in [3.8, 4) is 0 Å². The van der Waals surface area contributed by atoms with E-state index in [0.717, 1.165) is 12.1 Å². The molecule has 0 saturated carbocycles. The van der Waals surface area contributed by atoms with Crippen LogP contribution in [-0.4, -0.2) is 18.9 Å². The Kier molecular flexibility index (Phi) is 4.62. The zero-order chi connectivity index (χ0) is 15.4. The second-order valence-electron chi connectivity index (χ2n) is 4.49. The van der Waals surface area contributed by atoms with Crippen molar-refractivity contribution >= 4 is 11.5 Å². The number of hydrogen-bond donors (Lipinski definition) is 0. The van der Waals surface area contributed by atoms with E-state index in [0.29, 0.717) is 6.54 Å². The summed E-state index contributed by atoms with van der Waals surface area (Å²) in [4.78, 5) is 13.5. The van der Waals surface area contributed by atoms with Gasteiger partial charge in [0.1, 0.15) is 17.5 Å². The largest absolute Gasteiger partial charge is 0.362 e. The van der Waals surface area contributed by atoms with Gasteiger partial charge >= 0.3 is 0 Å². The van der Waals surface area contributed by atoms with E-state index in [9.17, 15) is 18.0 Å². The van der Waals surface area contributed by atoms with E-state index in [2.05, 4.69) is 0 Å². The average molecular weight is 293 g/mol. The first kappa shape index (κ1) is 15.1. The first-order valence-electron chi connectivity index (χ1n) is 6.51. The maximum absolute atomic E-state index is 13.7. The number of benzene rings is 2. The monoisotopic (exact) mass is 293 g/mol. The van der Waals surface area contributed by atoms with Gasteiger partial charge in [0.15, 0.2) is 5.78 Å². The first-order chi connectivity index (χ1) is 10.0. The number of nitrogens with zero attached hydrogens (tertiary/aromatic N) is 1. The van der Waals surface area contributed by atoms with Crippen LogP contribution in [0.4, 0.5) is 18.9 Å². The second kappa shape index (κ2) is 6.43. The number of ketones is 1. The van der Waals surface area contributed by atoms with Gasteiger partial charge in [-0.1, -0.05) is 18.2 Å². The fourth-order valence-electron chi connectivity index (χ4n) is 2.09. The molecular weight excluding hydrogens is 279 g/mol. The number of carbonyl (C=O) groups is 1. The summed E-state index contributed by atoms with van der Waals surface area (Å²) in [5, 5.41) is 0. The lowest BCUT2D eigenvalue weighted by atomic mass is 10.1. The van der Waals surface area contributed by atoms with E-state index >= 15 is 0 Å². The van der Waals surface area contributed by atoms with Gasteiger partial charge in [-0.05, 0) is 31.2 Å². The molecule has 2 rings (SSSR count). The third-order valence-corrected chi connectivity index (χ3v) is 3.15. The molecular formula is C16H14F3NO. The molecule has 0 aliphatic carbocycles. The number of anilines is 1. The van der Waals surface area contributed by atoms with Crippen LogP contribution in [0.2, 0.25) is 0 Å². The Bertz CT molecular complexity index is 637. The van der Waals surface area contributed by atoms with E-state index in [1.165, 1.54) is 29.2 Å². The van der Waals surface area contributed by atoms with Crippen LogP contribution in [0.15, 0.2) is 42.5 Å². The third-order valence-electron chi connectivity index (χ3n) is 3.15. The summed E-state index contributed by atoms with van der Waals surface area (Å²) in [7, 11) is 0. The quantitative estimate of drug-likeness (QED) is 0.781. The summed E-state index contributed by atoms with van der Waals surface area (Å²) in [5.74, 6) is -3.04. The fraction of sp³-hybridized carbons (Fsp3) is 0.188. The zero-order valence-electron chi connectivity index (χ0n) is 11.4. The number of carbonyl (C=O) groups excluding carboxylic acids is 1. The van der Waals surface area contributed by atoms with Gasteiger partial charge in [-0.3, -0.25) is 4.79 Å². The van der Waals surface area contributed by atoms with Crippen LogP contribution in [0.1, 0.15) is 17.3 Å². The van der Waals surface area contributed by atoms with Crippen molar-refractivity contribution in [3.63, 3.8) is 0 Å². The molecule has 0 aliphatic rings. The van der Waals surface area contributed by atoms with Crippen LogP contribution in [0, 0.1) is 17.5 Å². The van der Waals surface area contributed by atoms with Gasteiger partial charge in [-0.25, -0.2) is 13.2 Å².